The highest BCUT2D eigenvalue weighted by atomic mass is 35.5. The molecule has 0 aromatic heterocycles. The molecule has 2 nitrogen and oxygen atoms in total. The van der Waals surface area contributed by atoms with E-state index in [2.05, 4.69) is 0 Å². The van der Waals surface area contributed by atoms with Crippen LogP contribution in [0.15, 0.2) is 18.2 Å². The van der Waals surface area contributed by atoms with Gasteiger partial charge in [-0.15, -0.1) is 11.6 Å². The summed E-state index contributed by atoms with van der Waals surface area (Å²) >= 11 is 5.53. The topological polar surface area (TPSA) is 37.3 Å². The quantitative estimate of drug-likeness (QED) is 0.566. The van der Waals surface area contributed by atoms with Gasteiger partial charge in [0.05, 0.1) is 5.56 Å². The highest BCUT2D eigenvalue weighted by Gasteiger charge is 2.05. The molecule has 0 radical (unpaired) electrons. The van der Waals surface area contributed by atoms with Crippen molar-refractivity contribution in [2.45, 2.75) is 12.8 Å². The predicted octanol–water partition coefficient (Wildman–Crippen LogP) is 2.33. The average molecular weight is 185 g/mol. The smallest absolute Gasteiger partial charge is 0.163 e. The lowest BCUT2D eigenvalue weighted by atomic mass is 10.1. The zero-order valence-corrected chi connectivity index (χ0v) is 7.43. The molecule has 0 amide bonds. The predicted molar refractivity (Wildman–Crippen MR) is 47.7 cm³/mol. The molecule has 0 aliphatic rings. The highest BCUT2D eigenvalue weighted by Crippen LogP contribution is 2.19. The summed E-state index contributed by atoms with van der Waals surface area (Å²) in [7, 11) is 0. The van der Waals surface area contributed by atoms with Crippen LogP contribution >= 0.6 is 11.6 Å². The van der Waals surface area contributed by atoms with Crippen LogP contribution in [0.1, 0.15) is 22.8 Å². The minimum atomic E-state index is -0.145. The first-order valence-electron chi connectivity index (χ1n) is 3.54. The van der Waals surface area contributed by atoms with Crippen LogP contribution in [0.25, 0.3) is 0 Å². The van der Waals surface area contributed by atoms with Crippen molar-refractivity contribution in [2.75, 3.05) is 0 Å². The third-order valence-corrected chi connectivity index (χ3v) is 1.90. The summed E-state index contributed by atoms with van der Waals surface area (Å²) in [5, 5.41) is 9.31. The van der Waals surface area contributed by atoms with E-state index in [1.807, 2.05) is 0 Å². The maximum Gasteiger partial charge on any atom is 0.163 e. The monoisotopic (exact) mass is 184 g/mol. The van der Waals surface area contributed by atoms with Crippen molar-refractivity contribution in [1.29, 1.82) is 0 Å². The molecule has 0 saturated carbocycles. The fraction of sp³-hybridized carbons (Fsp3) is 0.222. The van der Waals surface area contributed by atoms with Gasteiger partial charge in [0.15, 0.2) is 5.78 Å². The maximum absolute atomic E-state index is 10.9. The molecule has 0 saturated heterocycles. The van der Waals surface area contributed by atoms with E-state index in [1.54, 1.807) is 12.1 Å². The Morgan fingerprint density at radius 3 is 2.67 bits per heavy atom. The van der Waals surface area contributed by atoms with Gasteiger partial charge in [0.25, 0.3) is 0 Å². The summed E-state index contributed by atoms with van der Waals surface area (Å²) in [4.78, 5) is 10.9. The van der Waals surface area contributed by atoms with Gasteiger partial charge in [0.1, 0.15) is 5.75 Å². The molecule has 0 spiro atoms. The maximum atomic E-state index is 10.9. The normalized spacial score (nSPS) is 9.83. The van der Waals surface area contributed by atoms with Gasteiger partial charge < -0.3 is 5.11 Å². The Morgan fingerprint density at radius 1 is 1.58 bits per heavy atom. The fourth-order valence-electron chi connectivity index (χ4n) is 0.958. The Bertz CT molecular complexity index is 307. The zero-order valence-electron chi connectivity index (χ0n) is 6.67. The molecule has 0 unspecified atom stereocenters. The first kappa shape index (κ1) is 9.07. The van der Waals surface area contributed by atoms with E-state index < -0.39 is 0 Å². The summed E-state index contributed by atoms with van der Waals surface area (Å²) in [5.74, 6) is 0.195. The molecule has 0 aliphatic heterocycles. The minimum Gasteiger partial charge on any atom is -0.507 e. The van der Waals surface area contributed by atoms with E-state index in [-0.39, 0.29) is 11.5 Å². The van der Waals surface area contributed by atoms with Crippen LogP contribution in [-0.4, -0.2) is 10.9 Å². The molecule has 1 aromatic rings. The Balaban J connectivity index is 3.12. The van der Waals surface area contributed by atoms with Crippen LogP contribution in [0.4, 0.5) is 0 Å². The number of hydrogen-bond donors (Lipinski definition) is 1. The van der Waals surface area contributed by atoms with E-state index in [0.29, 0.717) is 11.4 Å². The Kier molecular flexibility index (Phi) is 2.71. The largest absolute Gasteiger partial charge is 0.507 e. The van der Waals surface area contributed by atoms with Gasteiger partial charge in [0.2, 0.25) is 0 Å². The number of rotatable bonds is 2. The summed E-state index contributed by atoms with van der Waals surface area (Å²) in [6, 6.07) is 4.81. The molecule has 12 heavy (non-hydrogen) atoms. The van der Waals surface area contributed by atoms with Gasteiger partial charge in [-0.05, 0) is 24.6 Å². The number of benzene rings is 1. The van der Waals surface area contributed by atoms with Crippen molar-refractivity contribution < 1.29 is 9.90 Å². The number of Topliss-reactive ketones (excluding diaryl/α,β-unsaturated/α-hetero) is 1. The fourth-order valence-corrected chi connectivity index (χ4v) is 1.12. The third-order valence-electron chi connectivity index (χ3n) is 1.60. The molecule has 0 atom stereocenters. The zero-order chi connectivity index (χ0) is 9.14. The van der Waals surface area contributed by atoms with Crippen molar-refractivity contribution in [3.05, 3.63) is 29.3 Å². The van der Waals surface area contributed by atoms with E-state index >= 15 is 0 Å². The van der Waals surface area contributed by atoms with Crippen LogP contribution in [-0.2, 0) is 5.88 Å². The number of alkyl halides is 1. The van der Waals surface area contributed by atoms with Crippen molar-refractivity contribution >= 4 is 17.4 Å². The van der Waals surface area contributed by atoms with Gasteiger partial charge in [-0.1, -0.05) is 6.07 Å². The van der Waals surface area contributed by atoms with Crippen molar-refractivity contribution in [1.82, 2.24) is 0 Å². The average Bonchev–Trinajstić information content (AvgIpc) is 2.03. The second kappa shape index (κ2) is 3.59. The molecule has 1 N–H and O–H groups in total. The first-order chi connectivity index (χ1) is 5.65. The lowest BCUT2D eigenvalue weighted by molar-refractivity contribution is 0.101. The molecule has 0 fully saturated rings. The molecule has 1 aromatic carbocycles. The Morgan fingerprint density at radius 2 is 2.25 bits per heavy atom. The number of halogens is 1. The van der Waals surface area contributed by atoms with Crippen molar-refractivity contribution in [3.63, 3.8) is 0 Å². The summed E-state index contributed by atoms with van der Waals surface area (Å²) in [5.41, 5.74) is 1.14. The molecular weight excluding hydrogens is 176 g/mol. The molecular formula is C9H9ClO2. The molecule has 64 valence electrons. The molecule has 0 heterocycles. The van der Waals surface area contributed by atoms with Crippen molar-refractivity contribution in [2.24, 2.45) is 0 Å². The van der Waals surface area contributed by atoms with Gasteiger partial charge >= 0.3 is 0 Å². The molecule has 0 bridgehead atoms. The number of hydrogen-bond acceptors (Lipinski definition) is 2. The summed E-state index contributed by atoms with van der Waals surface area (Å²) in [6.07, 6.45) is 0. The number of phenolic OH excluding ortho intramolecular Hbond substituents is 1. The number of carbonyl (C=O) groups is 1. The minimum absolute atomic E-state index is 0.000602. The van der Waals surface area contributed by atoms with E-state index in [0.717, 1.165) is 5.56 Å². The van der Waals surface area contributed by atoms with E-state index in [1.165, 1.54) is 13.0 Å². The lowest BCUT2D eigenvalue weighted by Crippen LogP contribution is -1.92. The highest BCUT2D eigenvalue weighted by molar-refractivity contribution is 6.17. The molecule has 1 rings (SSSR count). The Labute approximate surface area is 75.8 Å². The second-order valence-electron chi connectivity index (χ2n) is 2.54. The van der Waals surface area contributed by atoms with Gasteiger partial charge in [-0.2, -0.15) is 0 Å². The SMILES string of the molecule is CC(=O)c1ccc(CCl)cc1O. The van der Waals surface area contributed by atoms with Crippen LogP contribution in [0.2, 0.25) is 0 Å². The number of phenols is 1. The number of aromatic hydroxyl groups is 1. The van der Waals surface area contributed by atoms with Gasteiger partial charge in [-0.25, -0.2) is 0 Å². The second-order valence-corrected chi connectivity index (χ2v) is 2.81. The summed E-state index contributed by atoms with van der Waals surface area (Å²) < 4.78 is 0. The molecule has 0 aliphatic carbocycles. The standard InChI is InChI=1S/C9H9ClO2/c1-6(11)8-3-2-7(5-10)4-9(8)12/h2-4,12H,5H2,1H3. The number of ketones is 1. The van der Waals surface area contributed by atoms with Crippen LogP contribution in [0.5, 0.6) is 5.75 Å². The van der Waals surface area contributed by atoms with Crippen LogP contribution < -0.4 is 0 Å². The van der Waals surface area contributed by atoms with E-state index in [9.17, 15) is 9.90 Å². The van der Waals surface area contributed by atoms with Crippen molar-refractivity contribution in [3.8, 4) is 5.75 Å². The van der Waals surface area contributed by atoms with Gasteiger partial charge in [0, 0.05) is 5.88 Å². The Hall–Kier alpha value is -1.02. The van der Waals surface area contributed by atoms with Gasteiger partial charge in [-0.3, -0.25) is 4.79 Å². The van der Waals surface area contributed by atoms with Crippen LogP contribution in [0, 0.1) is 0 Å². The summed E-state index contributed by atoms with van der Waals surface area (Å²) in [6.45, 7) is 1.41. The van der Waals surface area contributed by atoms with E-state index in [4.69, 9.17) is 11.6 Å². The third kappa shape index (κ3) is 1.77. The molecule has 3 heteroatoms. The van der Waals surface area contributed by atoms with Crippen LogP contribution in [0.3, 0.4) is 0 Å². The lowest BCUT2D eigenvalue weighted by Gasteiger charge is -2.01. The first-order valence-corrected chi connectivity index (χ1v) is 4.07. The number of carbonyl (C=O) groups excluding carboxylic acids is 1.